The molecule has 3 heterocycles. The van der Waals surface area contributed by atoms with Crippen LogP contribution in [0.3, 0.4) is 0 Å². The fraction of sp³-hybridized carbons (Fsp3) is 0.950. The zero-order valence-corrected chi connectivity index (χ0v) is 19.7. The van der Waals surface area contributed by atoms with Crippen LogP contribution in [0.4, 0.5) is 0 Å². The molecule has 0 spiro atoms. The molecule has 3 rings (SSSR count). The van der Waals surface area contributed by atoms with Crippen LogP contribution in [0.5, 0.6) is 0 Å². The lowest BCUT2D eigenvalue weighted by atomic mass is 9.97. The second-order valence-corrected chi connectivity index (χ2v) is 8.31. The highest BCUT2D eigenvalue weighted by molar-refractivity contribution is 14.0. The van der Waals surface area contributed by atoms with E-state index in [-0.39, 0.29) is 24.0 Å². The van der Waals surface area contributed by atoms with E-state index in [2.05, 4.69) is 25.0 Å². The average Bonchev–Trinajstić information content (AvgIpc) is 3.34. The van der Waals surface area contributed by atoms with E-state index in [1.165, 1.54) is 71.4 Å². The van der Waals surface area contributed by atoms with Crippen LogP contribution in [0.2, 0.25) is 0 Å². The summed E-state index contributed by atoms with van der Waals surface area (Å²) >= 11 is 0. The van der Waals surface area contributed by atoms with Crippen LogP contribution < -0.4 is 5.32 Å². The Labute approximate surface area is 183 Å². The maximum absolute atomic E-state index is 5.19. The van der Waals surface area contributed by atoms with Gasteiger partial charge in [0.2, 0.25) is 0 Å². The van der Waals surface area contributed by atoms with E-state index in [9.17, 15) is 0 Å². The molecule has 0 radical (unpaired) electrons. The molecule has 0 bridgehead atoms. The number of methoxy groups -OCH3 is 1. The van der Waals surface area contributed by atoms with E-state index in [1.807, 2.05) is 7.05 Å². The Morgan fingerprint density at radius 1 is 1.00 bits per heavy atom. The summed E-state index contributed by atoms with van der Waals surface area (Å²) in [6.07, 6.45) is 6.67. The maximum Gasteiger partial charge on any atom is 0.193 e. The summed E-state index contributed by atoms with van der Waals surface area (Å²) in [5.74, 6) is 2.71. The highest BCUT2D eigenvalue weighted by Gasteiger charge is 2.28. The van der Waals surface area contributed by atoms with Gasteiger partial charge in [-0.25, -0.2) is 0 Å². The molecule has 158 valence electrons. The molecule has 6 nitrogen and oxygen atoms in total. The molecule has 27 heavy (non-hydrogen) atoms. The van der Waals surface area contributed by atoms with Crippen LogP contribution in [0, 0.1) is 11.8 Å². The molecule has 1 N–H and O–H groups in total. The number of hydrogen-bond acceptors (Lipinski definition) is 4. The Kier molecular flexibility index (Phi) is 10.7. The molecule has 0 amide bonds. The number of nitrogens with one attached hydrogen (secondary N) is 1. The van der Waals surface area contributed by atoms with Crippen molar-refractivity contribution < 1.29 is 4.74 Å². The number of aliphatic imine (C=N–C) groups is 1. The lowest BCUT2D eigenvalue weighted by Gasteiger charge is -2.32. The average molecular weight is 493 g/mol. The van der Waals surface area contributed by atoms with Gasteiger partial charge in [-0.15, -0.1) is 24.0 Å². The van der Waals surface area contributed by atoms with Crippen LogP contribution in [0.15, 0.2) is 4.99 Å². The summed E-state index contributed by atoms with van der Waals surface area (Å²) in [6, 6.07) is 0. The zero-order chi connectivity index (χ0) is 18.2. The molecular formula is C20H40IN5O. The van der Waals surface area contributed by atoms with Crippen molar-refractivity contribution in [3.63, 3.8) is 0 Å². The summed E-state index contributed by atoms with van der Waals surface area (Å²) in [7, 11) is 3.72. The smallest absolute Gasteiger partial charge is 0.193 e. The maximum atomic E-state index is 5.19. The van der Waals surface area contributed by atoms with Crippen LogP contribution in [-0.2, 0) is 4.74 Å². The number of ether oxygens (including phenoxy) is 1. The minimum Gasteiger partial charge on any atom is -0.383 e. The van der Waals surface area contributed by atoms with Crippen molar-refractivity contribution in [3.05, 3.63) is 0 Å². The quantitative estimate of drug-likeness (QED) is 0.334. The molecule has 0 aromatic heterocycles. The van der Waals surface area contributed by atoms with Gasteiger partial charge in [0, 0.05) is 46.9 Å². The number of piperidine rings is 1. The zero-order valence-electron chi connectivity index (χ0n) is 17.4. The number of halogens is 1. The van der Waals surface area contributed by atoms with Gasteiger partial charge < -0.3 is 24.8 Å². The predicted octanol–water partition coefficient (Wildman–Crippen LogP) is 1.96. The Morgan fingerprint density at radius 3 is 2.37 bits per heavy atom. The van der Waals surface area contributed by atoms with Crippen LogP contribution >= 0.6 is 24.0 Å². The van der Waals surface area contributed by atoms with Crippen molar-refractivity contribution in [1.29, 1.82) is 0 Å². The molecule has 0 aliphatic carbocycles. The van der Waals surface area contributed by atoms with Crippen LogP contribution in [0.25, 0.3) is 0 Å². The number of guanidine groups is 1. The molecule has 0 aromatic carbocycles. The predicted molar refractivity (Wildman–Crippen MR) is 123 cm³/mol. The number of nitrogens with zero attached hydrogens (tertiary/aromatic N) is 4. The first kappa shape index (κ1) is 23.2. The molecule has 0 aromatic rings. The summed E-state index contributed by atoms with van der Waals surface area (Å²) in [6.45, 7) is 11.6. The third kappa shape index (κ3) is 7.33. The van der Waals surface area contributed by atoms with Gasteiger partial charge in [-0.1, -0.05) is 0 Å². The van der Waals surface area contributed by atoms with Gasteiger partial charge in [0.05, 0.1) is 6.61 Å². The molecule has 1 atom stereocenters. The third-order valence-electron chi connectivity index (χ3n) is 6.38. The first-order chi connectivity index (χ1) is 12.8. The first-order valence-electron chi connectivity index (χ1n) is 10.7. The molecule has 3 saturated heterocycles. The van der Waals surface area contributed by atoms with Gasteiger partial charge in [0.25, 0.3) is 0 Å². The number of likely N-dealkylation sites (tertiary alicyclic amines) is 3. The lowest BCUT2D eigenvalue weighted by molar-refractivity contribution is 0.120. The highest BCUT2D eigenvalue weighted by atomic mass is 127. The Morgan fingerprint density at radius 2 is 1.70 bits per heavy atom. The summed E-state index contributed by atoms with van der Waals surface area (Å²) < 4.78 is 5.19. The Bertz CT molecular complexity index is 436. The first-order valence-corrected chi connectivity index (χ1v) is 10.7. The van der Waals surface area contributed by atoms with Gasteiger partial charge in [0.1, 0.15) is 0 Å². The summed E-state index contributed by atoms with van der Waals surface area (Å²) in [5, 5.41) is 3.67. The van der Waals surface area contributed by atoms with Gasteiger partial charge in [0.15, 0.2) is 5.96 Å². The largest absolute Gasteiger partial charge is 0.383 e. The molecule has 3 aliphatic heterocycles. The number of rotatable bonds is 7. The standard InChI is InChI=1S/C20H39N5O.HI/c1-21-20(22-15-18-5-10-23(11-6-18)13-14-26-2)25-12-7-19(17-25)16-24-8-3-4-9-24;/h18-19H,3-17H2,1-2H3,(H,21,22);1H. The molecule has 3 aliphatic rings. The normalized spacial score (nSPS) is 25.8. The molecule has 7 heteroatoms. The van der Waals surface area contributed by atoms with Crippen molar-refractivity contribution in [1.82, 2.24) is 20.0 Å². The van der Waals surface area contributed by atoms with E-state index < -0.39 is 0 Å². The number of hydrogen-bond donors (Lipinski definition) is 1. The van der Waals surface area contributed by atoms with Crippen molar-refractivity contribution >= 4 is 29.9 Å². The SMILES string of the molecule is CN=C(NCC1CCN(CCOC)CC1)N1CCC(CN2CCCC2)C1.I. The fourth-order valence-corrected chi connectivity index (χ4v) is 4.71. The third-order valence-corrected chi connectivity index (χ3v) is 6.38. The molecule has 0 saturated carbocycles. The van der Waals surface area contributed by atoms with E-state index in [0.717, 1.165) is 44.0 Å². The van der Waals surface area contributed by atoms with Crippen LogP contribution in [0.1, 0.15) is 32.1 Å². The Balaban J connectivity index is 0.00000261. The van der Waals surface area contributed by atoms with E-state index >= 15 is 0 Å². The van der Waals surface area contributed by atoms with Crippen molar-refractivity contribution in [2.24, 2.45) is 16.8 Å². The van der Waals surface area contributed by atoms with Gasteiger partial charge in [-0.3, -0.25) is 4.99 Å². The van der Waals surface area contributed by atoms with E-state index in [1.54, 1.807) is 7.11 Å². The monoisotopic (exact) mass is 493 g/mol. The molecular weight excluding hydrogens is 453 g/mol. The second-order valence-electron chi connectivity index (χ2n) is 8.31. The van der Waals surface area contributed by atoms with Gasteiger partial charge in [-0.2, -0.15) is 0 Å². The van der Waals surface area contributed by atoms with Gasteiger partial charge in [-0.05, 0) is 70.1 Å². The summed E-state index contributed by atoms with van der Waals surface area (Å²) in [5.41, 5.74) is 0. The van der Waals surface area contributed by atoms with Crippen molar-refractivity contribution in [2.75, 3.05) is 79.7 Å². The van der Waals surface area contributed by atoms with Crippen molar-refractivity contribution in [2.45, 2.75) is 32.1 Å². The Hall–Kier alpha value is -0.120. The van der Waals surface area contributed by atoms with Crippen molar-refractivity contribution in [3.8, 4) is 0 Å². The minimum atomic E-state index is 0. The van der Waals surface area contributed by atoms with Gasteiger partial charge >= 0.3 is 0 Å². The topological polar surface area (TPSA) is 43.3 Å². The lowest BCUT2D eigenvalue weighted by Crippen LogP contribution is -2.44. The highest BCUT2D eigenvalue weighted by Crippen LogP contribution is 2.20. The van der Waals surface area contributed by atoms with E-state index in [4.69, 9.17) is 4.74 Å². The second kappa shape index (κ2) is 12.4. The molecule has 1 unspecified atom stereocenters. The van der Waals surface area contributed by atoms with Crippen LogP contribution in [-0.4, -0.2) is 100 Å². The fourth-order valence-electron chi connectivity index (χ4n) is 4.71. The summed E-state index contributed by atoms with van der Waals surface area (Å²) in [4.78, 5) is 12.2. The minimum absolute atomic E-state index is 0. The van der Waals surface area contributed by atoms with E-state index in [0.29, 0.717) is 0 Å². The molecule has 3 fully saturated rings.